The summed E-state index contributed by atoms with van der Waals surface area (Å²) in [5.74, 6) is 0.267. The van der Waals surface area contributed by atoms with E-state index >= 15 is 0 Å². The third-order valence-corrected chi connectivity index (χ3v) is 6.27. The van der Waals surface area contributed by atoms with Crippen LogP contribution in [0.5, 0.6) is 0 Å². The Morgan fingerprint density at radius 2 is 1.76 bits per heavy atom. The maximum atomic E-state index is 13.2. The lowest BCUT2D eigenvalue weighted by Crippen LogP contribution is -2.55. The van der Waals surface area contributed by atoms with Crippen LogP contribution in [0.1, 0.15) is 27.9 Å². The van der Waals surface area contributed by atoms with Crippen LogP contribution < -0.4 is 10.2 Å². The lowest BCUT2D eigenvalue weighted by molar-refractivity contribution is -0.137. The summed E-state index contributed by atoms with van der Waals surface area (Å²) in [6, 6.07) is 11.8. The van der Waals surface area contributed by atoms with E-state index in [-0.39, 0.29) is 11.8 Å². The minimum absolute atomic E-state index is 0.159. The molecule has 1 heterocycles. The van der Waals surface area contributed by atoms with Crippen LogP contribution in [0.3, 0.4) is 0 Å². The van der Waals surface area contributed by atoms with E-state index in [4.69, 9.17) is 0 Å². The first kappa shape index (κ1) is 25.0. The average molecular weight is 480 g/mol. The molecule has 1 atom stereocenters. The number of piperazine rings is 1. The Morgan fingerprint density at radius 3 is 2.39 bits per heavy atom. The van der Waals surface area contributed by atoms with E-state index in [2.05, 4.69) is 5.32 Å². The molecule has 0 bridgehead atoms. The second-order valence-electron chi connectivity index (χ2n) is 8.04. The van der Waals surface area contributed by atoms with Crippen LogP contribution in [0.15, 0.2) is 48.5 Å². The lowest BCUT2D eigenvalue weighted by Gasteiger charge is -2.38. The van der Waals surface area contributed by atoms with E-state index < -0.39 is 17.8 Å². The number of hydrogen-bond acceptors (Lipinski definition) is 4. The Balaban J connectivity index is 1.64. The molecule has 9 heteroatoms. The van der Waals surface area contributed by atoms with Crippen molar-refractivity contribution < 1.29 is 22.8 Å². The standard InChI is InChI=1S/C24H28F3N3O2S/c1-17-5-3-6-18(15-17)22(31)28-21(9-14-33-2)23(32)30-12-10-29(11-13-30)20-8-4-7-19(16-20)24(25,26)27/h3-8,15-16,21H,9-14H2,1-2H3,(H,28,31). The normalized spacial score (nSPS) is 15.3. The molecule has 0 radical (unpaired) electrons. The monoisotopic (exact) mass is 479 g/mol. The number of carbonyl (C=O) groups is 2. The number of nitrogens with zero attached hydrogens (tertiary/aromatic N) is 2. The van der Waals surface area contributed by atoms with Crippen molar-refractivity contribution in [2.24, 2.45) is 0 Å². The highest BCUT2D eigenvalue weighted by Gasteiger charge is 2.32. The molecule has 3 rings (SSSR count). The number of alkyl halides is 3. The number of anilines is 1. The number of halogens is 3. The van der Waals surface area contributed by atoms with Gasteiger partial charge in [0, 0.05) is 37.4 Å². The highest BCUT2D eigenvalue weighted by molar-refractivity contribution is 7.98. The van der Waals surface area contributed by atoms with Crippen molar-refractivity contribution in [2.75, 3.05) is 43.1 Å². The molecule has 5 nitrogen and oxygen atoms in total. The van der Waals surface area contributed by atoms with Gasteiger partial charge in [-0.3, -0.25) is 9.59 Å². The molecule has 2 aromatic rings. The number of amides is 2. The fourth-order valence-electron chi connectivity index (χ4n) is 3.81. The van der Waals surface area contributed by atoms with Gasteiger partial charge in [-0.25, -0.2) is 0 Å². The third-order valence-electron chi connectivity index (χ3n) is 5.62. The molecule has 1 saturated heterocycles. The van der Waals surface area contributed by atoms with E-state index in [0.29, 0.717) is 49.6 Å². The first-order valence-electron chi connectivity index (χ1n) is 10.8. The van der Waals surface area contributed by atoms with Gasteiger partial charge < -0.3 is 15.1 Å². The number of nitrogens with one attached hydrogen (secondary N) is 1. The lowest BCUT2D eigenvalue weighted by atomic mass is 10.1. The minimum atomic E-state index is -4.40. The van der Waals surface area contributed by atoms with E-state index in [1.807, 2.05) is 24.1 Å². The second kappa shape index (κ2) is 11.0. The van der Waals surface area contributed by atoms with Gasteiger partial charge in [0.15, 0.2) is 0 Å². The molecule has 0 saturated carbocycles. The highest BCUT2D eigenvalue weighted by atomic mass is 32.2. The molecular weight excluding hydrogens is 451 g/mol. The van der Waals surface area contributed by atoms with Crippen LogP contribution in [-0.4, -0.2) is 60.9 Å². The largest absolute Gasteiger partial charge is 0.416 e. The van der Waals surface area contributed by atoms with Crippen LogP contribution in [-0.2, 0) is 11.0 Å². The summed E-state index contributed by atoms with van der Waals surface area (Å²) in [6.07, 6.45) is -1.95. The Morgan fingerprint density at radius 1 is 1.06 bits per heavy atom. The Labute approximate surface area is 196 Å². The topological polar surface area (TPSA) is 52.7 Å². The van der Waals surface area contributed by atoms with Crippen molar-refractivity contribution >= 4 is 29.3 Å². The van der Waals surface area contributed by atoms with Crippen molar-refractivity contribution in [1.29, 1.82) is 0 Å². The number of rotatable bonds is 7. The molecule has 1 fully saturated rings. The van der Waals surface area contributed by atoms with Gasteiger partial charge in [-0.2, -0.15) is 24.9 Å². The maximum Gasteiger partial charge on any atom is 0.416 e. The molecule has 1 N–H and O–H groups in total. The van der Waals surface area contributed by atoms with Gasteiger partial charge in [-0.1, -0.05) is 23.8 Å². The number of thioether (sulfide) groups is 1. The SMILES string of the molecule is CSCCC(NC(=O)c1cccc(C)c1)C(=O)N1CCN(c2cccc(C(F)(F)F)c2)CC1. The minimum Gasteiger partial charge on any atom is -0.368 e. The van der Waals surface area contributed by atoms with Crippen LogP contribution in [0, 0.1) is 6.92 Å². The van der Waals surface area contributed by atoms with Crippen LogP contribution in [0.2, 0.25) is 0 Å². The molecule has 0 aliphatic carbocycles. The zero-order valence-electron chi connectivity index (χ0n) is 18.7. The average Bonchev–Trinajstić information content (AvgIpc) is 2.81. The Hall–Kier alpha value is -2.68. The zero-order chi connectivity index (χ0) is 24.0. The summed E-state index contributed by atoms with van der Waals surface area (Å²) in [5.41, 5.74) is 1.27. The van der Waals surface area contributed by atoms with E-state index in [0.717, 1.165) is 17.7 Å². The summed E-state index contributed by atoms with van der Waals surface area (Å²) >= 11 is 1.60. The molecule has 1 aliphatic rings. The van der Waals surface area contributed by atoms with Crippen LogP contribution in [0.4, 0.5) is 18.9 Å². The number of benzene rings is 2. The van der Waals surface area contributed by atoms with Crippen molar-refractivity contribution in [1.82, 2.24) is 10.2 Å². The second-order valence-corrected chi connectivity index (χ2v) is 9.02. The van der Waals surface area contributed by atoms with Crippen LogP contribution in [0.25, 0.3) is 0 Å². The van der Waals surface area contributed by atoms with Crippen molar-refractivity contribution in [3.63, 3.8) is 0 Å². The molecule has 178 valence electrons. The first-order chi connectivity index (χ1) is 15.7. The fourth-order valence-corrected chi connectivity index (χ4v) is 4.28. The van der Waals surface area contributed by atoms with Gasteiger partial charge in [0.05, 0.1) is 5.56 Å². The smallest absolute Gasteiger partial charge is 0.368 e. The first-order valence-corrected chi connectivity index (χ1v) is 12.2. The Kier molecular flexibility index (Phi) is 8.29. The van der Waals surface area contributed by atoms with Crippen molar-refractivity contribution in [3.05, 3.63) is 65.2 Å². The molecular formula is C24H28F3N3O2S. The molecule has 33 heavy (non-hydrogen) atoms. The van der Waals surface area contributed by atoms with Gasteiger partial charge in [-0.05, 0) is 55.7 Å². The summed E-state index contributed by atoms with van der Waals surface area (Å²) in [6.45, 7) is 3.51. The Bertz CT molecular complexity index is 975. The van der Waals surface area contributed by atoms with Gasteiger partial charge in [0.1, 0.15) is 6.04 Å². The molecule has 2 aromatic carbocycles. The fraction of sp³-hybridized carbons (Fsp3) is 0.417. The van der Waals surface area contributed by atoms with Gasteiger partial charge in [-0.15, -0.1) is 0 Å². The number of aryl methyl sites for hydroxylation is 1. The van der Waals surface area contributed by atoms with Gasteiger partial charge in [0.2, 0.25) is 5.91 Å². The molecule has 2 amide bonds. The third kappa shape index (κ3) is 6.66. The number of hydrogen-bond donors (Lipinski definition) is 1. The van der Waals surface area contributed by atoms with Gasteiger partial charge >= 0.3 is 6.18 Å². The number of carbonyl (C=O) groups excluding carboxylic acids is 2. The van der Waals surface area contributed by atoms with E-state index in [1.54, 1.807) is 40.9 Å². The quantitative estimate of drug-likeness (QED) is 0.646. The molecule has 1 aliphatic heterocycles. The van der Waals surface area contributed by atoms with Gasteiger partial charge in [0.25, 0.3) is 5.91 Å². The van der Waals surface area contributed by atoms with E-state index in [1.165, 1.54) is 6.07 Å². The predicted molar refractivity (Wildman–Crippen MR) is 126 cm³/mol. The zero-order valence-corrected chi connectivity index (χ0v) is 19.5. The highest BCUT2D eigenvalue weighted by Crippen LogP contribution is 2.32. The molecule has 0 spiro atoms. The summed E-state index contributed by atoms with van der Waals surface area (Å²) < 4.78 is 39.1. The van der Waals surface area contributed by atoms with Crippen LogP contribution >= 0.6 is 11.8 Å². The maximum absolute atomic E-state index is 13.2. The van der Waals surface area contributed by atoms with Crippen molar-refractivity contribution in [2.45, 2.75) is 25.6 Å². The summed E-state index contributed by atoms with van der Waals surface area (Å²) in [4.78, 5) is 29.5. The summed E-state index contributed by atoms with van der Waals surface area (Å²) in [7, 11) is 0. The molecule has 0 aromatic heterocycles. The molecule has 1 unspecified atom stereocenters. The summed E-state index contributed by atoms with van der Waals surface area (Å²) in [5, 5.41) is 2.88. The van der Waals surface area contributed by atoms with Crippen molar-refractivity contribution in [3.8, 4) is 0 Å². The van der Waals surface area contributed by atoms with E-state index in [9.17, 15) is 22.8 Å². The predicted octanol–water partition coefficient (Wildman–Crippen LogP) is 4.21.